The Morgan fingerprint density at radius 2 is 1.90 bits per heavy atom. The Kier molecular flexibility index (Phi) is 4.82. The van der Waals surface area contributed by atoms with E-state index in [0.717, 1.165) is 5.56 Å². The number of aromatic amines is 1. The number of ether oxygens (including phenoxy) is 1. The van der Waals surface area contributed by atoms with Gasteiger partial charge in [-0.1, -0.05) is 38.1 Å². The molecule has 1 aliphatic heterocycles. The van der Waals surface area contributed by atoms with Crippen molar-refractivity contribution in [2.45, 2.75) is 56.9 Å². The van der Waals surface area contributed by atoms with E-state index < -0.39 is 30.2 Å². The van der Waals surface area contributed by atoms with E-state index in [0.29, 0.717) is 22.2 Å². The molecule has 2 heterocycles. The molecule has 2 atom stereocenters. The minimum absolute atomic E-state index is 0.0580. The number of hydrogen-bond donors (Lipinski definition) is 2. The third-order valence-corrected chi connectivity index (χ3v) is 6.10. The summed E-state index contributed by atoms with van der Waals surface area (Å²) in [6, 6.07) is 14.3. The van der Waals surface area contributed by atoms with Gasteiger partial charge in [0.05, 0.1) is 5.56 Å². The topological polar surface area (TPSA) is 69.0 Å². The van der Waals surface area contributed by atoms with Crippen LogP contribution in [0.15, 0.2) is 42.5 Å². The average Bonchev–Trinajstić information content (AvgIpc) is 3.02. The molecule has 0 spiro atoms. The van der Waals surface area contributed by atoms with Gasteiger partial charge in [-0.3, -0.25) is 0 Å². The third-order valence-electron chi connectivity index (χ3n) is 6.10. The van der Waals surface area contributed by atoms with Crippen LogP contribution in [0.3, 0.4) is 0 Å². The van der Waals surface area contributed by atoms with Crippen molar-refractivity contribution in [1.29, 1.82) is 5.26 Å². The van der Waals surface area contributed by atoms with Crippen molar-refractivity contribution in [3.63, 3.8) is 0 Å². The van der Waals surface area contributed by atoms with Crippen LogP contribution < -0.4 is 4.74 Å². The van der Waals surface area contributed by atoms with Gasteiger partial charge in [-0.2, -0.15) is 18.4 Å². The summed E-state index contributed by atoms with van der Waals surface area (Å²) in [7, 11) is 0. The maximum atomic E-state index is 14.2. The van der Waals surface area contributed by atoms with Gasteiger partial charge >= 0.3 is 6.18 Å². The molecule has 2 aromatic carbocycles. The number of aromatic nitrogens is 1. The lowest BCUT2D eigenvalue weighted by Crippen LogP contribution is -2.55. The lowest BCUT2D eigenvalue weighted by Gasteiger charge is -2.46. The van der Waals surface area contributed by atoms with Crippen molar-refractivity contribution in [3.8, 4) is 11.8 Å². The Morgan fingerprint density at radius 3 is 2.55 bits per heavy atom. The quantitative estimate of drug-likeness (QED) is 0.548. The summed E-state index contributed by atoms with van der Waals surface area (Å²) in [6.45, 7) is 5.57. The molecular formula is C24H23F3N2O2. The number of nitriles is 1. The Labute approximate surface area is 178 Å². The minimum Gasteiger partial charge on any atom is -0.482 e. The first-order chi connectivity index (χ1) is 14.5. The summed E-state index contributed by atoms with van der Waals surface area (Å²) < 4.78 is 48.2. The number of fused-ring (bicyclic) bond motifs is 2. The monoisotopic (exact) mass is 428 g/mol. The van der Waals surface area contributed by atoms with E-state index >= 15 is 0 Å². The van der Waals surface area contributed by atoms with Crippen molar-refractivity contribution in [1.82, 2.24) is 4.98 Å². The van der Waals surface area contributed by atoms with Crippen molar-refractivity contribution in [3.05, 3.63) is 64.8 Å². The fourth-order valence-corrected chi connectivity index (χ4v) is 4.36. The zero-order valence-electron chi connectivity index (χ0n) is 17.5. The normalized spacial score (nSPS) is 20.0. The summed E-state index contributed by atoms with van der Waals surface area (Å²) in [5, 5.41) is 21.0. The number of halogens is 3. The lowest BCUT2D eigenvalue weighted by atomic mass is 9.76. The number of H-pyrrole nitrogens is 1. The van der Waals surface area contributed by atoms with Crippen LogP contribution in [0, 0.1) is 11.3 Å². The molecule has 0 fully saturated rings. The molecular weight excluding hydrogens is 405 g/mol. The Hall–Kier alpha value is -2.98. The minimum atomic E-state index is -4.92. The van der Waals surface area contributed by atoms with E-state index in [1.807, 2.05) is 32.0 Å². The zero-order valence-corrected chi connectivity index (χ0v) is 17.5. The van der Waals surface area contributed by atoms with E-state index in [9.17, 15) is 23.5 Å². The van der Waals surface area contributed by atoms with Crippen LogP contribution in [-0.2, 0) is 12.0 Å². The van der Waals surface area contributed by atoms with Gasteiger partial charge in [-0.05, 0) is 36.6 Å². The van der Waals surface area contributed by atoms with Crippen molar-refractivity contribution >= 4 is 10.9 Å². The Balaban J connectivity index is 1.72. The molecule has 0 amide bonds. The fraction of sp³-hybridized carbons (Fsp3) is 0.375. The molecule has 4 rings (SSSR count). The smallest absolute Gasteiger partial charge is 0.417 e. The van der Waals surface area contributed by atoms with Crippen molar-refractivity contribution in [2.24, 2.45) is 0 Å². The first kappa shape index (κ1) is 21.3. The molecule has 3 aromatic rings. The molecule has 1 aliphatic rings. The van der Waals surface area contributed by atoms with Gasteiger partial charge in [0.25, 0.3) is 0 Å². The van der Waals surface area contributed by atoms with Crippen LogP contribution in [0.2, 0.25) is 0 Å². The van der Waals surface area contributed by atoms with E-state index in [4.69, 9.17) is 4.74 Å². The molecule has 0 aliphatic carbocycles. The summed E-state index contributed by atoms with van der Waals surface area (Å²) in [5.41, 5.74) is -2.01. The molecule has 0 saturated carbocycles. The molecule has 2 N–H and O–H groups in total. The Morgan fingerprint density at radius 1 is 1.19 bits per heavy atom. The number of benzene rings is 2. The molecule has 162 valence electrons. The number of para-hydroxylation sites is 1. The summed E-state index contributed by atoms with van der Waals surface area (Å²) in [4.78, 5) is 2.88. The third kappa shape index (κ3) is 3.45. The van der Waals surface area contributed by atoms with Gasteiger partial charge in [0.1, 0.15) is 17.4 Å². The predicted octanol–water partition coefficient (Wildman–Crippen LogP) is 5.70. The maximum Gasteiger partial charge on any atom is 0.417 e. The highest BCUT2D eigenvalue weighted by Crippen LogP contribution is 2.52. The zero-order chi connectivity index (χ0) is 22.6. The average molecular weight is 428 g/mol. The van der Waals surface area contributed by atoms with Gasteiger partial charge in [0, 0.05) is 35.0 Å². The van der Waals surface area contributed by atoms with E-state index in [-0.39, 0.29) is 17.2 Å². The first-order valence-corrected chi connectivity index (χ1v) is 10.1. The van der Waals surface area contributed by atoms with Gasteiger partial charge in [0.15, 0.2) is 5.60 Å². The molecule has 0 saturated heterocycles. The highest BCUT2D eigenvalue weighted by molar-refractivity contribution is 5.87. The number of rotatable bonds is 5. The predicted molar refractivity (Wildman–Crippen MR) is 111 cm³/mol. The van der Waals surface area contributed by atoms with Gasteiger partial charge < -0.3 is 14.8 Å². The van der Waals surface area contributed by atoms with E-state index in [1.165, 1.54) is 0 Å². The highest BCUT2D eigenvalue weighted by Gasteiger charge is 2.60. The van der Waals surface area contributed by atoms with Crippen molar-refractivity contribution < 1.29 is 23.0 Å². The number of aliphatic hydroxyl groups is 1. The van der Waals surface area contributed by atoms with Crippen LogP contribution in [0.1, 0.15) is 55.5 Å². The van der Waals surface area contributed by atoms with Crippen LogP contribution in [0.5, 0.6) is 5.75 Å². The number of alkyl halides is 3. The fourth-order valence-electron chi connectivity index (χ4n) is 4.36. The van der Waals surface area contributed by atoms with Crippen LogP contribution >= 0.6 is 0 Å². The molecule has 2 unspecified atom stereocenters. The highest BCUT2D eigenvalue weighted by atomic mass is 19.4. The van der Waals surface area contributed by atoms with Crippen LogP contribution in [-0.4, -0.2) is 21.9 Å². The lowest BCUT2D eigenvalue weighted by molar-refractivity contribution is -0.276. The van der Waals surface area contributed by atoms with Gasteiger partial charge in [-0.15, -0.1) is 0 Å². The molecule has 1 aromatic heterocycles. The number of hydrogen-bond acceptors (Lipinski definition) is 3. The summed E-state index contributed by atoms with van der Waals surface area (Å²) in [5.74, 6) is 0.737. The van der Waals surface area contributed by atoms with Crippen LogP contribution in [0.4, 0.5) is 13.2 Å². The van der Waals surface area contributed by atoms with E-state index in [2.05, 4.69) is 4.98 Å². The molecule has 4 nitrogen and oxygen atoms in total. The largest absolute Gasteiger partial charge is 0.482 e. The second-order valence-electron chi connectivity index (χ2n) is 8.76. The molecule has 0 radical (unpaired) electrons. The first-order valence-electron chi connectivity index (χ1n) is 10.1. The standard InChI is InChI=1S/C24H23F3N2O2/c1-14(2)15-8-9-21-18(10-15)22(3,31-21)13-23(30,24(25,26)27)11-20-17(12-28)16-6-4-5-7-19(16)29-20/h4-10,14,29-30H,11,13H2,1-3H3. The summed E-state index contributed by atoms with van der Waals surface area (Å²) >= 11 is 0. The SMILES string of the molecule is CC(C)c1ccc2c(c1)C(C)(CC(O)(Cc1[nH]c3ccccc3c1C#N)C(F)(F)F)O2. The second kappa shape index (κ2) is 7.03. The molecule has 7 heteroatoms. The molecule has 0 bridgehead atoms. The number of nitrogens with one attached hydrogen (secondary N) is 1. The summed E-state index contributed by atoms with van der Waals surface area (Å²) in [6.07, 6.45) is -6.38. The Bertz CT molecular complexity index is 1190. The van der Waals surface area contributed by atoms with Gasteiger partial charge in [-0.25, -0.2) is 0 Å². The molecule has 31 heavy (non-hydrogen) atoms. The van der Waals surface area contributed by atoms with Gasteiger partial charge in [0.2, 0.25) is 0 Å². The second-order valence-corrected chi connectivity index (χ2v) is 8.76. The number of nitrogens with zero attached hydrogens (tertiary/aromatic N) is 1. The van der Waals surface area contributed by atoms with Crippen molar-refractivity contribution in [2.75, 3.05) is 0 Å². The maximum absolute atomic E-state index is 14.2. The van der Waals surface area contributed by atoms with Crippen LogP contribution in [0.25, 0.3) is 10.9 Å². The van der Waals surface area contributed by atoms with E-state index in [1.54, 1.807) is 37.3 Å².